The Morgan fingerprint density at radius 3 is 2.83 bits per heavy atom. The van der Waals surface area contributed by atoms with Crippen LogP contribution in [0.3, 0.4) is 0 Å². The Hall–Kier alpha value is -3.65. The van der Waals surface area contributed by atoms with Gasteiger partial charge in [0, 0.05) is 25.4 Å². The van der Waals surface area contributed by atoms with E-state index in [-0.39, 0.29) is 30.0 Å². The first-order chi connectivity index (χ1) is 17.1. The molecule has 194 valence electrons. The van der Waals surface area contributed by atoms with Crippen molar-refractivity contribution in [1.82, 2.24) is 15.3 Å². The molecule has 36 heavy (non-hydrogen) atoms. The summed E-state index contributed by atoms with van der Waals surface area (Å²) in [6.07, 6.45) is -3.61. The van der Waals surface area contributed by atoms with Crippen molar-refractivity contribution in [3.05, 3.63) is 35.7 Å². The number of fused-ring (bicyclic) bond motifs is 4. The number of carbonyl (C=O) groups is 2. The van der Waals surface area contributed by atoms with Gasteiger partial charge in [0.25, 0.3) is 5.91 Å². The first-order valence-electron chi connectivity index (χ1n) is 11.1. The lowest BCUT2D eigenvalue weighted by atomic mass is 10.1. The Morgan fingerprint density at radius 2 is 2.11 bits per heavy atom. The molecule has 2 aromatic rings. The molecule has 0 saturated carbocycles. The SMILES string of the molecule is Cc1cc(C(=O)NCC(F)(F)F)nc2c1N1CC[C@@H](C1)N2C(=O)Nc1cc(OC[C@H](O)CO)ccn1. The summed E-state index contributed by atoms with van der Waals surface area (Å²) in [4.78, 5) is 37.5. The van der Waals surface area contributed by atoms with Gasteiger partial charge in [-0.05, 0) is 31.0 Å². The van der Waals surface area contributed by atoms with Crippen LogP contribution in [-0.2, 0) is 0 Å². The topological polar surface area (TPSA) is 140 Å². The maximum absolute atomic E-state index is 13.3. The Bertz CT molecular complexity index is 1150. The molecule has 2 aromatic heterocycles. The summed E-state index contributed by atoms with van der Waals surface area (Å²) in [5.74, 6) is -0.370. The van der Waals surface area contributed by atoms with Crippen molar-refractivity contribution < 1.29 is 37.7 Å². The van der Waals surface area contributed by atoms with Gasteiger partial charge in [0.05, 0.1) is 18.3 Å². The highest BCUT2D eigenvalue weighted by Crippen LogP contribution is 2.41. The summed E-state index contributed by atoms with van der Waals surface area (Å²) in [6.45, 7) is 0.773. The molecule has 2 aliphatic heterocycles. The van der Waals surface area contributed by atoms with Gasteiger partial charge in [-0.3, -0.25) is 15.0 Å². The van der Waals surface area contributed by atoms with Crippen LogP contribution in [0.1, 0.15) is 22.5 Å². The largest absolute Gasteiger partial charge is 0.491 e. The van der Waals surface area contributed by atoms with E-state index in [1.54, 1.807) is 6.92 Å². The standard InChI is InChI=1S/C22H25F3N6O5/c1-12-6-16(20(34)27-11-22(23,24)25)28-19-18(12)30-5-3-13(8-30)31(19)21(35)29-17-7-15(2-4-26-17)36-10-14(33)9-32/h2,4,6-7,13-14,32-33H,3,5,8-11H2,1H3,(H,27,34)(H,26,29,35)/t13-,14+/m0/s1. The fraction of sp³-hybridized carbons (Fsp3) is 0.455. The van der Waals surface area contributed by atoms with E-state index >= 15 is 0 Å². The van der Waals surface area contributed by atoms with Gasteiger partial charge >= 0.3 is 12.2 Å². The number of aryl methyl sites for hydroxylation is 1. The van der Waals surface area contributed by atoms with E-state index < -0.39 is 37.4 Å². The zero-order valence-corrected chi connectivity index (χ0v) is 19.2. The summed E-state index contributed by atoms with van der Waals surface area (Å²) in [5, 5.41) is 22.8. The van der Waals surface area contributed by atoms with Crippen LogP contribution in [0.5, 0.6) is 5.75 Å². The zero-order valence-electron chi connectivity index (χ0n) is 19.2. The number of anilines is 3. The molecule has 0 aromatic carbocycles. The molecule has 0 aliphatic carbocycles. The van der Waals surface area contributed by atoms with Crippen LogP contribution >= 0.6 is 0 Å². The minimum atomic E-state index is -4.57. The number of aliphatic hydroxyl groups excluding tert-OH is 2. The second-order valence-corrected chi connectivity index (χ2v) is 8.51. The predicted molar refractivity (Wildman–Crippen MR) is 122 cm³/mol. The van der Waals surface area contributed by atoms with Crippen molar-refractivity contribution in [2.24, 2.45) is 0 Å². The molecule has 0 radical (unpaired) electrons. The number of nitrogens with zero attached hydrogens (tertiary/aromatic N) is 4. The van der Waals surface area contributed by atoms with E-state index in [1.165, 1.54) is 29.3 Å². The van der Waals surface area contributed by atoms with Crippen LogP contribution in [0.25, 0.3) is 0 Å². The number of rotatable bonds is 7. The number of hydrogen-bond donors (Lipinski definition) is 4. The number of nitrogens with one attached hydrogen (secondary N) is 2. The van der Waals surface area contributed by atoms with Gasteiger partial charge < -0.3 is 25.2 Å². The number of pyridine rings is 2. The van der Waals surface area contributed by atoms with Gasteiger partial charge in [0.2, 0.25) is 0 Å². The van der Waals surface area contributed by atoms with Gasteiger partial charge in [-0.25, -0.2) is 14.8 Å². The van der Waals surface area contributed by atoms with E-state index in [2.05, 4.69) is 15.3 Å². The third kappa shape index (κ3) is 5.60. The number of hydrogen-bond acceptors (Lipinski definition) is 8. The minimum absolute atomic E-state index is 0.147. The van der Waals surface area contributed by atoms with Crippen LogP contribution in [0.4, 0.5) is 35.3 Å². The maximum Gasteiger partial charge on any atom is 0.405 e. The molecule has 2 atom stereocenters. The van der Waals surface area contributed by atoms with Gasteiger partial charge in [-0.15, -0.1) is 0 Å². The van der Waals surface area contributed by atoms with Crippen LogP contribution < -0.4 is 25.2 Å². The highest BCUT2D eigenvalue weighted by atomic mass is 19.4. The van der Waals surface area contributed by atoms with Gasteiger partial charge in [0.15, 0.2) is 5.82 Å². The summed E-state index contributed by atoms with van der Waals surface area (Å²) in [7, 11) is 0. The van der Waals surface area contributed by atoms with Crippen molar-refractivity contribution in [3.63, 3.8) is 0 Å². The second-order valence-electron chi connectivity index (χ2n) is 8.51. The molecule has 2 bridgehead atoms. The number of amides is 3. The summed E-state index contributed by atoms with van der Waals surface area (Å²) in [5.41, 5.74) is 1.01. The summed E-state index contributed by atoms with van der Waals surface area (Å²) >= 11 is 0. The Balaban J connectivity index is 1.58. The molecule has 3 amide bonds. The zero-order chi connectivity index (χ0) is 26.0. The Morgan fingerprint density at radius 1 is 1.33 bits per heavy atom. The lowest BCUT2D eigenvalue weighted by molar-refractivity contribution is -0.123. The second kappa shape index (κ2) is 10.1. The van der Waals surface area contributed by atoms with Gasteiger partial charge in [0.1, 0.15) is 36.5 Å². The number of aromatic nitrogens is 2. The normalized spacial score (nSPS) is 17.4. The number of aliphatic hydroxyl groups is 2. The van der Waals surface area contributed by atoms with Crippen molar-refractivity contribution in [1.29, 1.82) is 0 Å². The molecule has 1 fully saturated rings. The molecule has 4 rings (SSSR count). The average Bonchev–Trinajstić information content (AvgIpc) is 3.23. The Labute approximate surface area is 203 Å². The van der Waals surface area contributed by atoms with E-state index in [9.17, 15) is 27.9 Å². The third-order valence-corrected chi connectivity index (χ3v) is 5.76. The average molecular weight is 510 g/mol. The number of halogens is 3. The van der Waals surface area contributed by atoms with Crippen molar-refractivity contribution in [3.8, 4) is 5.75 Å². The molecule has 4 N–H and O–H groups in total. The summed E-state index contributed by atoms with van der Waals surface area (Å²) < 4.78 is 43.1. The number of carbonyl (C=O) groups excluding carboxylic acids is 2. The molecular weight excluding hydrogens is 485 g/mol. The monoisotopic (exact) mass is 510 g/mol. The van der Waals surface area contributed by atoms with Crippen molar-refractivity contribution in [2.75, 3.05) is 48.0 Å². The molecular formula is C22H25F3N6O5. The third-order valence-electron chi connectivity index (χ3n) is 5.76. The van der Waals surface area contributed by atoms with Crippen molar-refractivity contribution in [2.45, 2.75) is 31.7 Å². The first-order valence-corrected chi connectivity index (χ1v) is 11.1. The fourth-order valence-electron chi connectivity index (χ4n) is 4.17. The van der Waals surface area contributed by atoms with Gasteiger partial charge in [-0.2, -0.15) is 13.2 Å². The quantitative estimate of drug-likeness (QED) is 0.439. The number of alkyl halides is 3. The van der Waals surface area contributed by atoms with E-state index in [0.29, 0.717) is 36.5 Å². The predicted octanol–water partition coefficient (Wildman–Crippen LogP) is 1.44. The number of ether oxygens (including phenoxy) is 1. The van der Waals surface area contributed by atoms with Crippen LogP contribution in [-0.4, -0.2) is 83.3 Å². The highest BCUT2D eigenvalue weighted by Gasteiger charge is 2.41. The Kier molecular flexibility index (Phi) is 7.17. The molecule has 0 spiro atoms. The highest BCUT2D eigenvalue weighted by molar-refractivity contribution is 6.05. The molecule has 1 saturated heterocycles. The fourth-order valence-corrected chi connectivity index (χ4v) is 4.17. The number of urea groups is 1. The molecule has 11 nitrogen and oxygen atoms in total. The maximum atomic E-state index is 13.3. The molecule has 14 heteroatoms. The minimum Gasteiger partial charge on any atom is -0.491 e. The van der Waals surface area contributed by atoms with E-state index in [0.717, 1.165) is 0 Å². The van der Waals surface area contributed by atoms with E-state index in [4.69, 9.17) is 9.84 Å². The van der Waals surface area contributed by atoms with Crippen LogP contribution in [0.2, 0.25) is 0 Å². The van der Waals surface area contributed by atoms with Crippen molar-refractivity contribution >= 4 is 29.3 Å². The van der Waals surface area contributed by atoms with E-state index in [1.807, 2.05) is 10.2 Å². The lowest BCUT2D eigenvalue weighted by Gasteiger charge is -2.36. The van der Waals surface area contributed by atoms with Crippen LogP contribution in [0, 0.1) is 6.92 Å². The molecule has 2 aliphatic rings. The van der Waals surface area contributed by atoms with Crippen LogP contribution in [0.15, 0.2) is 24.4 Å². The first kappa shape index (κ1) is 25.4. The van der Waals surface area contributed by atoms with Gasteiger partial charge in [-0.1, -0.05) is 0 Å². The molecule has 0 unspecified atom stereocenters. The lowest BCUT2D eigenvalue weighted by Crippen LogP contribution is -2.49. The molecule has 4 heterocycles. The summed E-state index contributed by atoms with van der Waals surface area (Å²) in [6, 6.07) is 3.51. The smallest absolute Gasteiger partial charge is 0.405 e.